The third kappa shape index (κ3) is 4.72. The SMILES string of the molecule is C=CC(=O)Nc1cccc(-c2nccc3cnc(Nc4ccc(NC5CN(C)C5)cc4)nc23)c1. The molecule has 1 fully saturated rings. The van der Waals surface area contributed by atoms with Gasteiger partial charge in [0.25, 0.3) is 0 Å². The lowest BCUT2D eigenvalue weighted by Crippen LogP contribution is -2.52. The molecule has 0 saturated carbocycles. The first kappa shape index (κ1) is 21.5. The van der Waals surface area contributed by atoms with Gasteiger partial charge in [-0.1, -0.05) is 18.7 Å². The number of likely N-dealkylation sites (N-methyl/N-ethyl adjacent to an activating group) is 1. The second kappa shape index (κ2) is 9.29. The Kier molecular flexibility index (Phi) is 5.88. The molecule has 8 nitrogen and oxygen atoms in total. The Bertz CT molecular complexity index is 1350. The van der Waals surface area contributed by atoms with Gasteiger partial charge >= 0.3 is 0 Å². The Hall–Kier alpha value is -4.30. The number of nitrogens with zero attached hydrogens (tertiary/aromatic N) is 4. The molecule has 1 saturated heterocycles. The molecule has 5 rings (SSSR count). The van der Waals surface area contributed by atoms with Crippen molar-refractivity contribution in [1.29, 1.82) is 0 Å². The monoisotopic (exact) mass is 451 g/mol. The molecule has 4 aromatic rings. The molecular formula is C26H25N7O. The summed E-state index contributed by atoms with van der Waals surface area (Å²) in [5, 5.41) is 10.5. The van der Waals surface area contributed by atoms with Crippen molar-refractivity contribution in [3.8, 4) is 11.3 Å². The summed E-state index contributed by atoms with van der Waals surface area (Å²) in [6.07, 6.45) is 4.75. The molecule has 8 heteroatoms. The standard InChI is InChI=1S/C26H25N7O/c1-3-23(34)30-21-6-4-5-17(13-21)24-25-18(11-12-27-24)14-28-26(32-25)31-20-9-7-19(8-10-20)29-22-15-33(2)16-22/h3-14,22,29H,1,15-16H2,2H3,(H,30,34)(H,28,31,32). The van der Waals surface area contributed by atoms with Gasteiger partial charge in [0.2, 0.25) is 11.9 Å². The highest BCUT2D eigenvalue weighted by molar-refractivity contribution is 5.99. The molecule has 170 valence electrons. The maximum absolute atomic E-state index is 11.7. The largest absolute Gasteiger partial charge is 0.380 e. The minimum atomic E-state index is -0.266. The molecule has 0 atom stereocenters. The van der Waals surface area contributed by atoms with Crippen LogP contribution in [0.2, 0.25) is 0 Å². The zero-order valence-electron chi connectivity index (χ0n) is 18.8. The fourth-order valence-electron chi connectivity index (χ4n) is 3.97. The highest BCUT2D eigenvalue weighted by Gasteiger charge is 2.22. The van der Waals surface area contributed by atoms with Gasteiger partial charge in [-0.15, -0.1) is 0 Å². The average molecular weight is 452 g/mol. The van der Waals surface area contributed by atoms with Gasteiger partial charge in [0.05, 0.1) is 11.7 Å². The first-order chi connectivity index (χ1) is 16.6. The predicted octanol–water partition coefficient (Wildman–Crippen LogP) is 4.29. The number of anilines is 4. The van der Waals surface area contributed by atoms with Gasteiger partial charge in [-0.05, 0) is 55.6 Å². The van der Waals surface area contributed by atoms with Gasteiger partial charge < -0.3 is 20.9 Å². The predicted molar refractivity (Wildman–Crippen MR) is 136 cm³/mol. The number of likely N-dealkylation sites (tertiary alicyclic amines) is 1. The van der Waals surface area contributed by atoms with Crippen LogP contribution in [0.15, 0.2) is 79.6 Å². The summed E-state index contributed by atoms with van der Waals surface area (Å²) in [5.74, 6) is 0.220. The maximum Gasteiger partial charge on any atom is 0.247 e. The second-order valence-corrected chi connectivity index (χ2v) is 8.33. The van der Waals surface area contributed by atoms with E-state index in [2.05, 4.69) is 56.6 Å². The highest BCUT2D eigenvalue weighted by atomic mass is 16.1. The zero-order chi connectivity index (χ0) is 23.5. The number of fused-ring (bicyclic) bond motifs is 1. The van der Waals surface area contributed by atoms with Crippen LogP contribution in [0.4, 0.5) is 23.0 Å². The third-order valence-corrected chi connectivity index (χ3v) is 5.66. The number of aromatic nitrogens is 3. The van der Waals surface area contributed by atoms with E-state index in [1.165, 1.54) is 6.08 Å². The Morgan fingerprint density at radius 3 is 2.62 bits per heavy atom. The van der Waals surface area contributed by atoms with Gasteiger partial charge in [0.1, 0.15) is 5.52 Å². The highest BCUT2D eigenvalue weighted by Crippen LogP contribution is 2.28. The number of rotatable bonds is 7. The summed E-state index contributed by atoms with van der Waals surface area (Å²) in [6, 6.07) is 18.0. The van der Waals surface area contributed by atoms with Gasteiger partial charge in [0, 0.05) is 53.5 Å². The molecule has 2 aromatic heterocycles. The summed E-state index contributed by atoms with van der Waals surface area (Å²) in [7, 11) is 2.12. The quantitative estimate of drug-likeness (QED) is 0.361. The summed E-state index contributed by atoms with van der Waals surface area (Å²) >= 11 is 0. The fraction of sp³-hybridized carbons (Fsp3) is 0.154. The van der Waals surface area contributed by atoms with Crippen LogP contribution < -0.4 is 16.0 Å². The molecule has 1 aliphatic heterocycles. The number of pyridine rings is 1. The number of carbonyl (C=O) groups excluding carboxylic acids is 1. The Balaban J connectivity index is 1.38. The lowest BCUT2D eigenvalue weighted by molar-refractivity contribution is -0.111. The van der Waals surface area contributed by atoms with E-state index in [1.54, 1.807) is 12.4 Å². The lowest BCUT2D eigenvalue weighted by atomic mass is 10.1. The van der Waals surface area contributed by atoms with Crippen LogP contribution >= 0.6 is 0 Å². The van der Waals surface area contributed by atoms with Crippen LogP contribution in [0.25, 0.3) is 22.2 Å². The lowest BCUT2D eigenvalue weighted by Gasteiger charge is -2.37. The van der Waals surface area contributed by atoms with E-state index in [4.69, 9.17) is 4.98 Å². The maximum atomic E-state index is 11.7. The second-order valence-electron chi connectivity index (χ2n) is 8.33. The minimum absolute atomic E-state index is 0.266. The fourth-order valence-corrected chi connectivity index (χ4v) is 3.97. The molecule has 34 heavy (non-hydrogen) atoms. The Morgan fingerprint density at radius 1 is 1.06 bits per heavy atom. The molecular weight excluding hydrogens is 426 g/mol. The number of hydrogen-bond acceptors (Lipinski definition) is 7. The van der Waals surface area contributed by atoms with Crippen molar-refractivity contribution in [1.82, 2.24) is 19.9 Å². The van der Waals surface area contributed by atoms with E-state index in [1.807, 2.05) is 42.5 Å². The van der Waals surface area contributed by atoms with Crippen LogP contribution in [0.1, 0.15) is 0 Å². The molecule has 1 amide bonds. The minimum Gasteiger partial charge on any atom is -0.380 e. The van der Waals surface area contributed by atoms with Crippen LogP contribution in [0.5, 0.6) is 0 Å². The van der Waals surface area contributed by atoms with Crippen molar-refractivity contribution in [3.05, 3.63) is 79.6 Å². The smallest absolute Gasteiger partial charge is 0.247 e. The molecule has 0 unspecified atom stereocenters. The van der Waals surface area contributed by atoms with Crippen molar-refractivity contribution < 1.29 is 4.79 Å². The van der Waals surface area contributed by atoms with Crippen LogP contribution in [0, 0.1) is 0 Å². The van der Waals surface area contributed by atoms with E-state index in [-0.39, 0.29) is 5.91 Å². The summed E-state index contributed by atoms with van der Waals surface area (Å²) < 4.78 is 0. The Labute approximate surface area is 197 Å². The number of carbonyl (C=O) groups is 1. The van der Waals surface area contributed by atoms with Crippen LogP contribution in [-0.2, 0) is 4.79 Å². The number of nitrogens with one attached hydrogen (secondary N) is 3. The molecule has 3 heterocycles. The summed E-state index contributed by atoms with van der Waals surface area (Å²) in [5.41, 5.74) is 4.93. The first-order valence-corrected chi connectivity index (χ1v) is 11.1. The topological polar surface area (TPSA) is 95.1 Å². The normalized spacial score (nSPS) is 13.8. The van der Waals surface area contributed by atoms with Gasteiger partial charge in [-0.2, -0.15) is 0 Å². The molecule has 0 radical (unpaired) electrons. The summed E-state index contributed by atoms with van der Waals surface area (Å²) in [4.78, 5) is 27.7. The first-order valence-electron chi connectivity index (χ1n) is 11.1. The third-order valence-electron chi connectivity index (χ3n) is 5.66. The summed E-state index contributed by atoms with van der Waals surface area (Å²) in [6.45, 7) is 5.62. The van der Waals surface area contributed by atoms with E-state index < -0.39 is 0 Å². The van der Waals surface area contributed by atoms with Crippen LogP contribution in [0.3, 0.4) is 0 Å². The van der Waals surface area contributed by atoms with Gasteiger partial charge in [0.15, 0.2) is 0 Å². The van der Waals surface area contributed by atoms with Crippen molar-refractivity contribution >= 4 is 39.8 Å². The van der Waals surface area contributed by atoms with Gasteiger partial charge in [-0.25, -0.2) is 9.97 Å². The van der Waals surface area contributed by atoms with E-state index >= 15 is 0 Å². The van der Waals surface area contributed by atoms with E-state index in [9.17, 15) is 4.79 Å². The average Bonchev–Trinajstić information content (AvgIpc) is 2.84. The van der Waals surface area contributed by atoms with E-state index in [0.29, 0.717) is 23.4 Å². The molecule has 0 bridgehead atoms. The molecule has 2 aromatic carbocycles. The van der Waals surface area contributed by atoms with Gasteiger partial charge in [-0.3, -0.25) is 9.78 Å². The number of amides is 1. The number of hydrogen-bond donors (Lipinski definition) is 3. The van der Waals surface area contributed by atoms with Crippen molar-refractivity contribution in [3.63, 3.8) is 0 Å². The van der Waals surface area contributed by atoms with Crippen LogP contribution in [-0.4, -0.2) is 51.9 Å². The molecule has 0 aliphatic carbocycles. The van der Waals surface area contributed by atoms with Crippen molar-refractivity contribution in [2.45, 2.75) is 6.04 Å². The Morgan fingerprint density at radius 2 is 1.85 bits per heavy atom. The molecule has 3 N–H and O–H groups in total. The zero-order valence-corrected chi connectivity index (χ0v) is 18.8. The van der Waals surface area contributed by atoms with Crippen molar-refractivity contribution in [2.75, 3.05) is 36.1 Å². The molecule has 0 spiro atoms. The molecule has 1 aliphatic rings. The number of benzene rings is 2. The van der Waals surface area contributed by atoms with Crippen molar-refractivity contribution in [2.24, 2.45) is 0 Å². The van der Waals surface area contributed by atoms with E-state index in [0.717, 1.165) is 40.9 Å².